The van der Waals surface area contributed by atoms with Crippen molar-refractivity contribution in [3.05, 3.63) is 22.8 Å². The molecule has 3 rings (SSSR count). The molecule has 6 heteroatoms. The molecule has 2 aromatic heterocycles. The first-order valence-corrected chi connectivity index (χ1v) is 9.69. The molecule has 1 atom stereocenters. The van der Waals surface area contributed by atoms with Gasteiger partial charge in [-0.15, -0.1) is 11.3 Å². The number of nitrogens with one attached hydrogen (secondary N) is 1. The van der Waals surface area contributed by atoms with Crippen LogP contribution in [0.25, 0.3) is 11.3 Å². The van der Waals surface area contributed by atoms with Crippen molar-refractivity contribution in [2.45, 2.75) is 60.1 Å². The zero-order valence-electron chi connectivity index (χ0n) is 15.7. The molecule has 1 amide bonds. The number of hydrogen-bond acceptors (Lipinski definition) is 4. The lowest BCUT2D eigenvalue weighted by Gasteiger charge is -2.16. The zero-order chi connectivity index (χ0) is 18.2. The third kappa shape index (κ3) is 3.96. The van der Waals surface area contributed by atoms with Crippen molar-refractivity contribution in [3.8, 4) is 11.3 Å². The molecule has 25 heavy (non-hydrogen) atoms. The fourth-order valence-electron chi connectivity index (χ4n) is 3.07. The molecule has 1 N–H and O–H groups in total. The van der Waals surface area contributed by atoms with E-state index in [9.17, 15) is 4.79 Å². The van der Waals surface area contributed by atoms with Crippen molar-refractivity contribution >= 4 is 22.4 Å². The Hall–Kier alpha value is -1.66. The first-order valence-electron chi connectivity index (χ1n) is 8.81. The standard InChI is InChI=1S/C19H27N3O2S/c1-12-9-15(13(2)22(12)10-14-7-6-8-24-14)16-11-25-18(20-16)21-17(23)19(3,4)5/h9,11,14H,6-8,10H2,1-5H3,(H,20,21,23)/t14-/m1/s1. The molecule has 0 radical (unpaired) electrons. The second-order valence-electron chi connectivity index (χ2n) is 7.77. The van der Waals surface area contributed by atoms with E-state index in [1.807, 2.05) is 26.2 Å². The molecule has 0 saturated carbocycles. The average Bonchev–Trinajstić information content (AvgIpc) is 3.24. The summed E-state index contributed by atoms with van der Waals surface area (Å²) in [6, 6.07) is 2.18. The molecule has 0 aromatic carbocycles. The molecule has 2 aromatic rings. The van der Waals surface area contributed by atoms with E-state index >= 15 is 0 Å². The molecule has 0 spiro atoms. The first-order chi connectivity index (χ1) is 11.8. The lowest BCUT2D eigenvalue weighted by molar-refractivity contribution is -0.123. The van der Waals surface area contributed by atoms with E-state index in [4.69, 9.17) is 4.74 Å². The molecular weight excluding hydrogens is 334 g/mol. The number of hydrogen-bond donors (Lipinski definition) is 1. The minimum Gasteiger partial charge on any atom is -0.376 e. The molecule has 136 valence electrons. The van der Waals surface area contributed by atoms with Gasteiger partial charge in [-0.1, -0.05) is 20.8 Å². The van der Waals surface area contributed by atoms with Crippen molar-refractivity contribution in [3.63, 3.8) is 0 Å². The smallest absolute Gasteiger partial charge is 0.231 e. The van der Waals surface area contributed by atoms with Gasteiger partial charge in [-0.05, 0) is 32.8 Å². The van der Waals surface area contributed by atoms with Crippen molar-refractivity contribution in [1.29, 1.82) is 0 Å². The Morgan fingerprint density at radius 2 is 2.20 bits per heavy atom. The van der Waals surface area contributed by atoms with E-state index in [2.05, 4.69) is 34.8 Å². The van der Waals surface area contributed by atoms with Crippen molar-refractivity contribution in [2.24, 2.45) is 5.41 Å². The minimum atomic E-state index is -0.428. The van der Waals surface area contributed by atoms with Gasteiger partial charge in [-0.3, -0.25) is 4.79 Å². The number of carbonyl (C=O) groups excluding carboxylic acids is 1. The van der Waals surface area contributed by atoms with Gasteiger partial charge in [0, 0.05) is 40.9 Å². The van der Waals surface area contributed by atoms with Gasteiger partial charge in [0.25, 0.3) is 0 Å². The van der Waals surface area contributed by atoms with E-state index in [0.29, 0.717) is 11.2 Å². The summed E-state index contributed by atoms with van der Waals surface area (Å²) in [4.78, 5) is 16.8. The van der Waals surface area contributed by atoms with Crippen LogP contribution in [0.5, 0.6) is 0 Å². The largest absolute Gasteiger partial charge is 0.376 e. The van der Waals surface area contributed by atoms with Gasteiger partial charge in [0.05, 0.1) is 11.8 Å². The Balaban J connectivity index is 1.79. The summed E-state index contributed by atoms with van der Waals surface area (Å²) in [6.07, 6.45) is 2.60. The third-order valence-corrected chi connectivity index (χ3v) is 5.42. The van der Waals surface area contributed by atoms with Crippen LogP contribution in [0.2, 0.25) is 0 Å². The quantitative estimate of drug-likeness (QED) is 0.878. The van der Waals surface area contributed by atoms with E-state index in [1.54, 1.807) is 0 Å². The summed E-state index contributed by atoms with van der Waals surface area (Å²) in [5.74, 6) is -0.0164. The lowest BCUT2D eigenvalue weighted by Crippen LogP contribution is -2.27. The summed E-state index contributed by atoms with van der Waals surface area (Å²) >= 11 is 1.47. The molecule has 0 bridgehead atoms. The van der Waals surface area contributed by atoms with E-state index in [1.165, 1.54) is 22.7 Å². The highest BCUT2D eigenvalue weighted by Crippen LogP contribution is 2.31. The predicted octanol–water partition coefficient (Wildman–Crippen LogP) is 4.39. The molecule has 1 aliphatic rings. The lowest BCUT2D eigenvalue weighted by atomic mass is 9.96. The highest BCUT2D eigenvalue weighted by atomic mass is 32.1. The van der Waals surface area contributed by atoms with Crippen LogP contribution >= 0.6 is 11.3 Å². The number of thiazole rings is 1. The number of anilines is 1. The highest BCUT2D eigenvalue weighted by Gasteiger charge is 2.23. The van der Waals surface area contributed by atoms with Gasteiger partial charge in [0.1, 0.15) is 0 Å². The van der Waals surface area contributed by atoms with Crippen LogP contribution < -0.4 is 5.32 Å². The predicted molar refractivity (Wildman–Crippen MR) is 102 cm³/mol. The Bertz CT molecular complexity index is 764. The number of aromatic nitrogens is 2. The third-order valence-electron chi connectivity index (χ3n) is 4.67. The molecule has 1 fully saturated rings. The highest BCUT2D eigenvalue weighted by molar-refractivity contribution is 7.14. The molecule has 1 aliphatic heterocycles. The fraction of sp³-hybridized carbons (Fsp3) is 0.579. The summed E-state index contributed by atoms with van der Waals surface area (Å²) in [7, 11) is 0. The van der Waals surface area contributed by atoms with Gasteiger partial charge >= 0.3 is 0 Å². The number of aryl methyl sites for hydroxylation is 1. The van der Waals surface area contributed by atoms with Crippen LogP contribution in [-0.4, -0.2) is 28.2 Å². The maximum atomic E-state index is 12.1. The molecular formula is C19H27N3O2S. The maximum absolute atomic E-state index is 12.1. The first kappa shape index (κ1) is 18.1. The van der Waals surface area contributed by atoms with Crippen LogP contribution in [0.15, 0.2) is 11.4 Å². The molecule has 5 nitrogen and oxygen atoms in total. The number of nitrogens with zero attached hydrogens (tertiary/aromatic N) is 2. The second-order valence-corrected chi connectivity index (χ2v) is 8.63. The Kier molecular flexibility index (Phi) is 5.02. The second kappa shape index (κ2) is 6.92. The SMILES string of the molecule is Cc1cc(-c2csc(NC(=O)C(C)(C)C)n2)c(C)n1C[C@H]1CCCO1. The number of rotatable bonds is 4. The van der Waals surface area contributed by atoms with Gasteiger partial charge in [-0.25, -0.2) is 4.98 Å². The molecule has 3 heterocycles. The molecule has 0 unspecified atom stereocenters. The Morgan fingerprint density at radius 3 is 2.84 bits per heavy atom. The Morgan fingerprint density at radius 1 is 1.44 bits per heavy atom. The van der Waals surface area contributed by atoms with Crippen molar-refractivity contribution in [2.75, 3.05) is 11.9 Å². The van der Waals surface area contributed by atoms with Crippen LogP contribution in [0.3, 0.4) is 0 Å². The van der Waals surface area contributed by atoms with Gasteiger partial charge in [-0.2, -0.15) is 0 Å². The normalized spacial score (nSPS) is 17.9. The Labute approximate surface area is 153 Å². The molecule has 0 aliphatic carbocycles. The molecule has 1 saturated heterocycles. The average molecular weight is 362 g/mol. The topological polar surface area (TPSA) is 56.2 Å². The monoisotopic (exact) mass is 361 g/mol. The van der Waals surface area contributed by atoms with Crippen LogP contribution in [0, 0.1) is 19.3 Å². The van der Waals surface area contributed by atoms with E-state index in [-0.39, 0.29) is 5.91 Å². The number of ether oxygens (including phenoxy) is 1. The summed E-state index contributed by atoms with van der Waals surface area (Å²) in [5, 5.41) is 5.58. The van der Waals surface area contributed by atoms with Crippen molar-refractivity contribution < 1.29 is 9.53 Å². The zero-order valence-corrected chi connectivity index (χ0v) is 16.5. The van der Waals surface area contributed by atoms with Gasteiger partial charge in [0.15, 0.2) is 5.13 Å². The van der Waals surface area contributed by atoms with Crippen LogP contribution in [0.1, 0.15) is 45.0 Å². The summed E-state index contributed by atoms with van der Waals surface area (Å²) in [5.41, 5.74) is 4.04. The summed E-state index contributed by atoms with van der Waals surface area (Å²) in [6.45, 7) is 11.7. The van der Waals surface area contributed by atoms with Crippen LogP contribution in [0.4, 0.5) is 5.13 Å². The van der Waals surface area contributed by atoms with Gasteiger partial charge in [0.2, 0.25) is 5.91 Å². The maximum Gasteiger partial charge on any atom is 0.231 e. The van der Waals surface area contributed by atoms with Crippen molar-refractivity contribution in [1.82, 2.24) is 9.55 Å². The fourth-order valence-corrected chi connectivity index (χ4v) is 3.78. The number of carbonyl (C=O) groups is 1. The summed E-state index contributed by atoms with van der Waals surface area (Å²) < 4.78 is 8.10. The number of amides is 1. The minimum absolute atomic E-state index is 0.0164. The van der Waals surface area contributed by atoms with E-state index in [0.717, 1.165) is 37.3 Å². The van der Waals surface area contributed by atoms with Crippen LogP contribution in [-0.2, 0) is 16.1 Å². The van der Waals surface area contributed by atoms with Gasteiger partial charge < -0.3 is 14.6 Å². The van der Waals surface area contributed by atoms with E-state index < -0.39 is 5.41 Å².